The molecule has 0 radical (unpaired) electrons. The Morgan fingerprint density at radius 3 is 2.62 bits per heavy atom. The topological polar surface area (TPSA) is 21.3 Å². The fourth-order valence-corrected chi connectivity index (χ4v) is 2.56. The number of benzene rings is 2. The lowest BCUT2D eigenvalue weighted by molar-refractivity contribution is 0.0402. The number of nitrogens with one attached hydrogen (secondary N) is 1. The van der Waals surface area contributed by atoms with Crippen LogP contribution in [0.1, 0.15) is 24.2 Å². The maximum Gasteiger partial charge on any atom is 0.0968 e. The van der Waals surface area contributed by atoms with Crippen molar-refractivity contribution in [3.8, 4) is 0 Å². The van der Waals surface area contributed by atoms with Crippen molar-refractivity contribution in [2.24, 2.45) is 0 Å². The van der Waals surface area contributed by atoms with Gasteiger partial charge < -0.3 is 10.1 Å². The van der Waals surface area contributed by atoms with Gasteiger partial charge in [0.25, 0.3) is 0 Å². The Morgan fingerprint density at radius 1 is 1.10 bits per heavy atom. The van der Waals surface area contributed by atoms with E-state index in [0.717, 1.165) is 34.3 Å². The molecule has 2 aromatic rings. The number of halogens is 2. The summed E-state index contributed by atoms with van der Waals surface area (Å²) in [5.41, 5.74) is 2.05. The first kappa shape index (κ1) is 16.3. The third kappa shape index (κ3) is 5.01. The molecule has 0 bridgehead atoms. The van der Waals surface area contributed by atoms with Gasteiger partial charge in [-0.05, 0) is 30.3 Å². The molecule has 112 valence electrons. The zero-order chi connectivity index (χ0) is 15.1. The predicted molar refractivity (Wildman–Crippen MR) is 89.0 cm³/mol. The standard InChI is InChI=1S/C17H19Cl2NO/c1-2-20-11-17(15-8-3-4-9-16(15)19)21-12-13-6-5-7-14(18)10-13/h3-10,17,20H,2,11-12H2,1H3. The molecule has 2 aromatic carbocycles. The second-order valence-electron chi connectivity index (χ2n) is 4.76. The van der Waals surface area contributed by atoms with Crippen molar-refractivity contribution in [3.05, 3.63) is 69.7 Å². The summed E-state index contributed by atoms with van der Waals surface area (Å²) in [6.45, 7) is 4.19. The van der Waals surface area contributed by atoms with Crippen LogP contribution in [0.2, 0.25) is 10.0 Å². The van der Waals surface area contributed by atoms with Crippen molar-refractivity contribution in [2.75, 3.05) is 13.1 Å². The minimum absolute atomic E-state index is 0.0855. The van der Waals surface area contributed by atoms with Crippen LogP contribution in [0.15, 0.2) is 48.5 Å². The summed E-state index contributed by atoms with van der Waals surface area (Å²) in [5, 5.41) is 4.76. The second-order valence-corrected chi connectivity index (χ2v) is 5.60. The molecule has 0 spiro atoms. The number of hydrogen-bond acceptors (Lipinski definition) is 2. The molecule has 0 aliphatic carbocycles. The highest BCUT2D eigenvalue weighted by molar-refractivity contribution is 6.31. The van der Waals surface area contributed by atoms with Gasteiger partial charge in [0.05, 0.1) is 12.7 Å². The number of ether oxygens (including phenoxy) is 1. The van der Waals surface area contributed by atoms with Gasteiger partial charge in [-0.25, -0.2) is 0 Å². The molecule has 0 aromatic heterocycles. The molecule has 1 unspecified atom stereocenters. The average Bonchev–Trinajstić information content (AvgIpc) is 2.48. The van der Waals surface area contributed by atoms with E-state index in [1.54, 1.807) is 0 Å². The molecule has 2 rings (SSSR count). The molecule has 1 atom stereocenters. The van der Waals surface area contributed by atoms with Gasteiger partial charge in [0, 0.05) is 22.2 Å². The molecular weight excluding hydrogens is 305 g/mol. The van der Waals surface area contributed by atoms with Crippen LogP contribution in [-0.4, -0.2) is 13.1 Å². The molecule has 1 N–H and O–H groups in total. The zero-order valence-electron chi connectivity index (χ0n) is 12.0. The van der Waals surface area contributed by atoms with E-state index in [4.69, 9.17) is 27.9 Å². The van der Waals surface area contributed by atoms with Crippen LogP contribution in [0.5, 0.6) is 0 Å². The zero-order valence-corrected chi connectivity index (χ0v) is 13.5. The maximum atomic E-state index is 6.28. The van der Waals surface area contributed by atoms with Crippen molar-refractivity contribution in [3.63, 3.8) is 0 Å². The van der Waals surface area contributed by atoms with E-state index in [0.29, 0.717) is 6.61 Å². The summed E-state index contributed by atoms with van der Waals surface area (Å²) >= 11 is 12.3. The van der Waals surface area contributed by atoms with Crippen LogP contribution in [0.3, 0.4) is 0 Å². The van der Waals surface area contributed by atoms with Gasteiger partial charge in [-0.2, -0.15) is 0 Å². The lowest BCUT2D eigenvalue weighted by atomic mass is 10.1. The molecule has 0 fully saturated rings. The Bertz CT molecular complexity index is 574. The van der Waals surface area contributed by atoms with Crippen molar-refractivity contribution in [1.82, 2.24) is 5.32 Å². The number of hydrogen-bond donors (Lipinski definition) is 1. The van der Waals surface area contributed by atoms with Crippen LogP contribution >= 0.6 is 23.2 Å². The Hall–Kier alpha value is -1.06. The molecule has 21 heavy (non-hydrogen) atoms. The Labute approximate surface area is 136 Å². The van der Waals surface area contributed by atoms with E-state index < -0.39 is 0 Å². The van der Waals surface area contributed by atoms with Gasteiger partial charge in [-0.3, -0.25) is 0 Å². The van der Waals surface area contributed by atoms with Gasteiger partial charge in [0.1, 0.15) is 0 Å². The van der Waals surface area contributed by atoms with E-state index in [9.17, 15) is 0 Å². The van der Waals surface area contributed by atoms with Gasteiger partial charge in [-0.1, -0.05) is 60.5 Å². The van der Waals surface area contributed by atoms with E-state index in [1.165, 1.54) is 0 Å². The molecule has 0 aliphatic rings. The van der Waals surface area contributed by atoms with E-state index in [-0.39, 0.29) is 6.10 Å². The molecule has 0 amide bonds. The van der Waals surface area contributed by atoms with Crippen molar-refractivity contribution < 1.29 is 4.74 Å². The third-order valence-electron chi connectivity index (χ3n) is 3.17. The smallest absolute Gasteiger partial charge is 0.0968 e. The van der Waals surface area contributed by atoms with E-state index in [1.807, 2.05) is 48.5 Å². The fraction of sp³-hybridized carbons (Fsp3) is 0.294. The van der Waals surface area contributed by atoms with Gasteiger partial charge in [-0.15, -0.1) is 0 Å². The normalized spacial score (nSPS) is 12.3. The van der Waals surface area contributed by atoms with E-state index in [2.05, 4.69) is 12.2 Å². The van der Waals surface area contributed by atoms with Crippen molar-refractivity contribution in [1.29, 1.82) is 0 Å². The fourth-order valence-electron chi connectivity index (χ4n) is 2.09. The Balaban J connectivity index is 2.08. The van der Waals surface area contributed by atoms with Crippen LogP contribution in [0, 0.1) is 0 Å². The molecule has 0 aliphatic heterocycles. The van der Waals surface area contributed by atoms with Gasteiger partial charge >= 0.3 is 0 Å². The highest BCUT2D eigenvalue weighted by Gasteiger charge is 2.14. The first-order valence-electron chi connectivity index (χ1n) is 7.02. The summed E-state index contributed by atoms with van der Waals surface area (Å²) in [6.07, 6.45) is -0.0855. The van der Waals surface area contributed by atoms with Crippen molar-refractivity contribution >= 4 is 23.2 Å². The van der Waals surface area contributed by atoms with Gasteiger partial charge in [0.15, 0.2) is 0 Å². The lowest BCUT2D eigenvalue weighted by Crippen LogP contribution is -2.23. The highest BCUT2D eigenvalue weighted by Crippen LogP contribution is 2.26. The first-order valence-corrected chi connectivity index (χ1v) is 7.77. The molecule has 0 saturated heterocycles. The minimum Gasteiger partial charge on any atom is -0.367 e. The summed E-state index contributed by atoms with van der Waals surface area (Å²) in [7, 11) is 0. The Morgan fingerprint density at radius 2 is 1.90 bits per heavy atom. The van der Waals surface area contributed by atoms with Crippen LogP contribution in [-0.2, 0) is 11.3 Å². The Kier molecular flexibility index (Phi) is 6.52. The number of likely N-dealkylation sites (N-methyl/N-ethyl adjacent to an activating group) is 1. The molecule has 0 saturated carbocycles. The third-order valence-corrected chi connectivity index (χ3v) is 3.75. The highest BCUT2D eigenvalue weighted by atomic mass is 35.5. The van der Waals surface area contributed by atoms with Crippen molar-refractivity contribution in [2.45, 2.75) is 19.6 Å². The first-order chi connectivity index (χ1) is 10.2. The van der Waals surface area contributed by atoms with E-state index >= 15 is 0 Å². The summed E-state index contributed by atoms with van der Waals surface area (Å²) < 4.78 is 6.05. The number of rotatable bonds is 7. The second kappa shape index (κ2) is 8.40. The van der Waals surface area contributed by atoms with Crippen LogP contribution < -0.4 is 5.32 Å². The van der Waals surface area contributed by atoms with Gasteiger partial charge in [0.2, 0.25) is 0 Å². The van der Waals surface area contributed by atoms with Crippen LogP contribution in [0.4, 0.5) is 0 Å². The average molecular weight is 324 g/mol. The molecule has 0 heterocycles. The monoisotopic (exact) mass is 323 g/mol. The predicted octanol–water partition coefficient (Wildman–Crippen LogP) is 4.86. The SMILES string of the molecule is CCNCC(OCc1cccc(Cl)c1)c1ccccc1Cl. The summed E-state index contributed by atoms with van der Waals surface area (Å²) in [6, 6.07) is 15.5. The molecular formula is C17H19Cl2NO. The molecule has 4 heteroatoms. The molecule has 2 nitrogen and oxygen atoms in total. The summed E-state index contributed by atoms with van der Waals surface area (Å²) in [4.78, 5) is 0. The summed E-state index contributed by atoms with van der Waals surface area (Å²) in [5.74, 6) is 0. The maximum absolute atomic E-state index is 6.28. The largest absolute Gasteiger partial charge is 0.367 e. The quantitative estimate of drug-likeness (QED) is 0.785. The minimum atomic E-state index is -0.0855. The van der Waals surface area contributed by atoms with Crippen LogP contribution in [0.25, 0.3) is 0 Å². The lowest BCUT2D eigenvalue weighted by Gasteiger charge is -2.20.